The van der Waals surface area contributed by atoms with Gasteiger partial charge >= 0.3 is 5.97 Å². The number of likely N-dealkylation sites (N-methyl/N-ethyl adjacent to an activating group) is 1. The zero-order valence-corrected chi connectivity index (χ0v) is 13.2. The van der Waals surface area contributed by atoms with E-state index < -0.39 is 0 Å². The molecule has 0 spiro atoms. The van der Waals surface area contributed by atoms with Gasteiger partial charge in [0.1, 0.15) is 6.61 Å². The van der Waals surface area contributed by atoms with Crippen LogP contribution in [-0.2, 0) is 9.53 Å². The van der Waals surface area contributed by atoms with Gasteiger partial charge in [0.15, 0.2) is 5.75 Å². The summed E-state index contributed by atoms with van der Waals surface area (Å²) >= 11 is 12.0. The molecule has 1 aromatic rings. The van der Waals surface area contributed by atoms with Crippen LogP contribution in [0.15, 0.2) is 18.2 Å². The van der Waals surface area contributed by atoms with Gasteiger partial charge < -0.3 is 14.4 Å². The number of rotatable bonds is 8. The fourth-order valence-electron chi connectivity index (χ4n) is 1.55. The lowest BCUT2D eigenvalue weighted by molar-refractivity contribution is -0.143. The molecule has 6 heteroatoms. The standard InChI is InChI=1S/C14H19Cl2NO3/c1-3-19-13(18)7-8-17(2)9-10-20-14-11(15)5-4-6-12(14)16/h4-6H,3,7-10H2,1-2H3. The van der Waals surface area contributed by atoms with Crippen LogP contribution >= 0.6 is 23.2 Å². The first kappa shape index (κ1) is 17.1. The first-order chi connectivity index (χ1) is 9.54. The molecule has 4 nitrogen and oxygen atoms in total. The maximum Gasteiger partial charge on any atom is 0.307 e. The van der Waals surface area contributed by atoms with E-state index in [1.165, 1.54) is 0 Å². The summed E-state index contributed by atoms with van der Waals surface area (Å²) in [6, 6.07) is 5.23. The van der Waals surface area contributed by atoms with Crippen molar-refractivity contribution in [3.8, 4) is 5.75 Å². The second kappa shape index (κ2) is 9.06. The monoisotopic (exact) mass is 319 g/mol. The molecule has 1 rings (SSSR count). The molecule has 0 bridgehead atoms. The molecule has 1 aromatic carbocycles. The Labute approximate surface area is 129 Å². The van der Waals surface area contributed by atoms with Crippen LogP contribution in [0.4, 0.5) is 0 Å². The maximum absolute atomic E-state index is 11.2. The van der Waals surface area contributed by atoms with Crippen molar-refractivity contribution in [1.82, 2.24) is 4.90 Å². The van der Waals surface area contributed by atoms with Crippen molar-refractivity contribution < 1.29 is 14.3 Å². The summed E-state index contributed by atoms with van der Waals surface area (Å²) in [6.07, 6.45) is 0.372. The lowest BCUT2D eigenvalue weighted by atomic mass is 10.3. The number of hydrogen-bond donors (Lipinski definition) is 0. The van der Waals surface area contributed by atoms with Crippen LogP contribution in [0.2, 0.25) is 10.0 Å². The molecule has 0 aromatic heterocycles. The second-order valence-corrected chi connectivity index (χ2v) is 5.07. The first-order valence-corrected chi connectivity index (χ1v) is 7.21. The Balaban J connectivity index is 2.28. The summed E-state index contributed by atoms with van der Waals surface area (Å²) in [5, 5.41) is 0.985. The molecule has 0 aliphatic carbocycles. The van der Waals surface area contributed by atoms with Crippen LogP contribution in [0.5, 0.6) is 5.75 Å². The summed E-state index contributed by atoms with van der Waals surface area (Å²) in [5.74, 6) is 0.309. The summed E-state index contributed by atoms with van der Waals surface area (Å²) in [7, 11) is 1.91. The van der Waals surface area contributed by atoms with Gasteiger partial charge in [-0.2, -0.15) is 0 Å². The molecule has 0 saturated carbocycles. The Morgan fingerprint density at radius 3 is 2.50 bits per heavy atom. The fraction of sp³-hybridized carbons (Fsp3) is 0.500. The van der Waals surface area contributed by atoms with Gasteiger partial charge in [0.05, 0.1) is 23.1 Å². The minimum Gasteiger partial charge on any atom is -0.489 e. The number of esters is 1. The van der Waals surface area contributed by atoms with Crippen molar-refractivity contribution in [3.05, 3.63) is 28.2 Å². The van der Waals surface area contributed by atoms with Crippen molar-refractivity contribution in [3.63, 3.8) is 0 Å². The van der Waals surface area contributed by atoms with Crippen LogP contribution in [0.25, 0.3) is 0 Å². The van der Waals surface area contributed by atoms with Crippen LogP contribution < -0.4 is 4.74 Å². The minimum atomic E-state index is -0.186. The molecular formula is C14H19Cl2NO3. The number of halogens is 2. The molecule has 112 valence electrons. The van der Waals surface area contributed by atoms with Gasteiger partial charge in [0, 0.05) is 13.1 Å². The molecule has 0 amide bonds. The van der Waals surface area contributed by atoms with Gasteiger partial charge in [-0.15, -0.1) is 0 Å². The van der Waals surface area contributed by atoms with Crippen LogP contribution in [0, 0.1) is 0 Å². The highest BCUT2D eigenvalue weighted by Gasteiger charge is 2.08. The Kier molecular flexibility index (Phi) is 7.73. The van der Waals surface area contributed by atoms with Crippen molar-refractivity contribution in [2.75, 3.05) is 33.4 Å². The van der Waals surface area contributed by atoms with Crippen molar-refractivity contribution in [1.29, 1.82) is 0 Å². The SMILES string of the molecule is CCOC(=O)CCN(C)CCOc1c(Cl)cccc1Cl. The van der Waals surface area contributed by atoms with E-state index in [0.717, 1.165) is 0 Å². The zero-order chi connectivity index (χ0) is 15.0. The van der Waals surface area contributed by atoms with Gasteiger partial charge in [0.25, 0.3) is 0 Å². The second-order valence-electron chi connectivity index (χ2n) is 4.26. The molecule has 0 N–H and O–H groups in total. The Morgan fingerprint density at radius 1 is 1.25 bits per heavy atom. The van der Waals surface area contributed by atoms with E-state index >= 15 is 0 Å². The van der Waals surface area contributed by atoms with Crippen molar-refractivity contribution in [2.24, 2.45) is 0 Å². The van der Waals surface area contributed by atoms with Crippen LogP contribution in [0.1, 0.15) is 13.3 Å². The quantitative estimate of drug-likeness (QED) is 0.689. The Morgan fingerprint density at radius 2 is 1.90 bits per heavy atom. The highest BCUT2D eigenvalue weighted by molar-refractivity contribution is 6.37. The highest BCUT2D eigenvalue weighted by Crippen LogP contribution is 2.32. The van der Waals surface area contributed by atoms with Crippen LogP contribution in [0.3, 0.4) is 0 Å². The number of ether oxygens (including phenoxy) is 2. The predicted molar refractivity (Wildman–Crippen MR) is 80.7 cm³/mol. The van der Waals surface area contributed by atoms with E-state index in [0.29, 0.717) is 48.5 Å². The number of carbonyl (C=O) groups excluding carboxylic acids is 1. The predicted octanol–water partition coefficient (Wildman–Crippen LogP) is 3.26. The molecule has 0 aliphatic heterocycles. The summed E-state index contributed by atoms with van der Waals surface area (Å²) in [4.78, 5) is 13.2. The van der Waals surface area contributed by atoms with E-state index in [1.807, 2.05) is 11.9 Å². The summed E-state index contributed by atoms with van der Waals surface area (Å²) in [5.41, 5.74) is 0. The van der Waals surface area contributed by atoms with Crippen molar-refractivity contribution in [2.45, 2.75) is 13.3 Å². The van der Waals surface area contributed by atoms with E-state index in [-0.39, 0.29) is 5.97 Å². The lowest BCUT2D eigenvalue weighted by Gasteiger charge is -2.17. The Hall–Kier alpha value is -0.970. The number of carbonyl (C=O) groups is 1. The summed E-state index contributed by atoms with van der Waals surface area (Å²) < 4.78 is 10.4. The maximum atomic E-state index is 11.2. The van der Waals surface area contributed by atoms with Gasteiger partial charge in [-0.3, -0.25) is 4.79 Å². The average molecular weight is 320 g/mol. The van der Waals surface area contributed by atoms with Gasteiger partial charge in [0.2, 0.25) is 0 Å². The summed E-state index contributed by atoms with van der Waals surface area (Å²) in [6.45, 7) is 3.95. The molecule has 0 unspecified atom stereocenters. The largest absolute Gasteiger partial charge is 0.489 e. The molecule has 0 aliphatic rings. The highest BCUT2D eigenvalue weighted by atomic mass is 35.5. The third-order valence-corrected chi connectivity index (χ3v) is 3.24. The molecule has 0 heterocycles. The van der Waals surface area contributed by atoms with E-state index in [2.05, 4.69) is 0 Å². The first-order valence-electron chi connectivity index (χ1n) is 6.45. The van der Waals surface area contributed by atoms with Crippen molar-refractivity contribution >= 4 is 29.2 Å². The number of benzene rings is 1. The Bertz CT molecular complexity index is 420. The molecule has 0 fully saturated rings. The lowest BCUT2D eigenvalue weighted by Crippen LogP contribution is -2.27. The number of para-hydroxylation sites is 1. The van der Waals surface area contributed by atoms with E-state index in [4.69, 9.17) is 32.7 Å². The van der Waals surface area contributed by atoms with E-state index in [1.54, 1.807) is 25.1 Å². The normalized spacial score (nSPS) is 10.7. The molecule has 0 radical (unpaired) electrons. The van der Waals surface area contributed by atoms with Gasteiger partial charge in [-0.25, -0.2) is 0 Å². The molecular weight excluding hydrogens is 301 g/mol. The number of hydrogen-bond acceptors (Lipinski definition) is 4. The fourth-order valence-corrected chi connectivity index (χ4v) is 2.06. The van der Waals surface area contributed by atoms with Gasteiger partial charge in [-0.1, -0.05) is 29.3 Å². The smallest absolute Gasteiger partial charge is 0.307 e. The topological polar surface area (TPSA) is 38.8 Å². The van der Waals surface area contributed by atoms with Crippen LogP contribution in [-0.4, -0.2) is 44.2 Å². The minimum absolute atomic E-state index is 0.186. The molecule has 0 atom stereocenters. The van der Waals surface area contributed by atoms with E-state index in [9.17, 15) is 4.79 Å². The molecule has 0 saturated heterocycles. The third kappa shape index (κ3) is 5.99. The third-order valence-electron chi connectivity index (χ3n) is 2.64. The van der Waals surface area contributed by atoms with Gasteiger partial charge in [-0.05, 0) is 26.1 Å². The zero-order valence-electron chi connectivity index (χ0n) is 11.7. The number of nitrogens with zero attached hydrogens (tertiary/aromatic N) is 1. The molecule has 20 heavy (non-hydrogen) atoms. The average Bonchev–Trinajstić information content (AvgIpc) is 2.40.